The Morgan fingerprint density at radius 3 is 2.84 bits per heavy atom. The number of hydrogen-bond acceptors (Lipinski definition) is 3. The van der Waals surface area contributed by atoms with Crippen molar-refractivity contribution in [1.29, 1.82) is 0 Å². The van der Waals surface area contributed by atoms with Crippen LogP contribution < -0.4 is 5.32 Å². The Balaban J connectivity index is 0.00000162. The van der Waals surface area contributed by atoms with Crippen molar-refractivity contribution < 1.29 is 4.79 Å². The molecule has 1 saturated heterocycles. The van der Waals surface area contributed by atoms with Crippen LogP contribution in [-0.4, -0.2) is 46.3 Å². The van der Waals surface area contributed by atoms with Crippen LogP contribution in [0, 0.1) is 6.92 Å². The van der Waals surface area contributed by atoms with Gasteiger partial charge in [0.25, 0.3) is 0 Å². The summed E-state index contributed by atoms with van der Waals surface area (Å²) in [5.74, 6) is 0.229. The molecule has 110 valence electrons. The molecular formula is C12H22Cl2N4O. The molecule has 0 unspecified atom stereocenters. The van der Waals surface area contributed by atoms with E-state index in [1.54, 1.807) is 0 Å². The number of carbonyl (C=O) groups excluding carboxylic acids is 1. The van der Waals surface area contributed by atoms with Crippen molar-refractivity contribution in [3.05, 3.63) is 18.0 Å². The average molecular weight is 309 g/mol. The highest BCUT2D eigenvalue weighted by Crippen LogP contribution is 2.06. The zero-order valence-electron chi connectivity index (χ0n) is 11.3. The number of nitrogens with zero attached hydrogens (tertiary/aromatic N) is 3. The second-order valence-electron chi connectivity index (χ2n) is 4.67. The van der Waals surface area contributed by atoms with E-state index in [0.29, 0.717) is 19.0 Å². The van der Waals surface area contributed by atoms with Crippen molar-refractivity contribution in [2.75, 3.05) is 19.6 Å². The van der Waals surface area contributed by atoms with Crippen LogP contribution in [0.1, 0.15) is 18.9 Å². The predicted molar refractivity (Wildman–Crippen MR) is 80.1 cm³/mol. The van der Waals surface area contributed by atoms with Gasteiger partial charge in [-0.3, -0.25) is 9.48 Å². The second-order valence-corrected chi connectivity index (χ2v) is 4.67. The van der Waals surface area contributed by atoms with E-state index in [4.69, 9.17) is 0 Å². The van der Waals surface area contributed by atoms with Gasteiger partial charge in [0.1, 0.15) is 0 Å². The maximum absolute atomic E-state index is 12.0. The van der Waals surface area contributed by atoms with Crippen LogP contribution in [0.2, 0.25) is 0 Å². The van der Waals surface area contributed by atoms with Gasteiger partial charge in [-0.05, 0) is 19.4 Å². The fourth-order valence-corrected chi connectivity index (χ4v) is 2.15. The first-order valence-electron chi connectivity index (χ1n) is 6.16. The van der Waals surface area contributed by atoms with E-state index in [9.17, 15) is 4.79 Å². The van der Waals surface area contributed by atoms with Crippen LogP contribution in [0.4, 0.5) is 0 Å². The molecular weight excluding hydrogens is 287 g/mol. The lowest BCUT2D eigenvalue weighted by Crippen LogP contribution is -2.52. The first-order chi connectivity index (χ1) is 8.16. The zero-order valence-corrected chi connectivity index (χ0v) is 13.0. The summed E-state index contributed by atoms with van der Waals surface area (Å²) in [6.45, 7) is 7.37. The van der Waals surface area contributed by atoms with Crippen molar-refractivity contribution in [2.45, 2.75) is 32.9 Å². The summed E-state index contributed by atoms with van der Waals surface area (Å²) in [6.07, 6.45) is 4.32. The van der Waals surface area contributed by atoms with Crippen molar-refractivity contribution in [3.63, 3.8) is 0 Å². The molecule has 0 bridgehead atoms. The van der Waals surface area contributed by atoms with E-state index in [1.165, 1.54) is 0 Å². The van der Waals surface area contributed by atoms with Crippen LogP contribution >= 0.6 is 24.8 Å². The van der Waals surface area contributed by atoms with Gasteiger partial charge in [-0.25, -0.2) is 0 Å². The summed E-state index contributed by atoms with van der Waals surface area (Å²) in [5, 5.41) is 7.47. The summed E-state index contributed by atoms with van der Waals surface area (Å²) in [6, 6.07) is 0.301. The summed E-state index contributed by atoms with van der Waals surface area (Å²) in [5.41, 5.74) is 1.13. The highest BCUT2D eigenvalue weighted by Gasteiger charge is 2.22. The van der Waals surface area contributed by atoms with Gasteiger partial charge in [0.05, 0.1) is 6.20 Å². The number of piperazine rings is 1. The molecule has 1 aromatic rings. The van der Waals surface area contributed by atoms with Gasteiger partial charge in [-0.2, -0.15) is 5.10 Å². The smallest absolute Gasteiger partial charge is 0.224 e. The lowest BCUT2D eigenvalue weighted by atomic mass is 10.2. The Bertz CT molecular complexity index is 397. The molecule has 1 aliphatic heterocycles. The minimum atomic E-state index is 0. The van der Waals surface area contributed by atoms with E-state index in [0.717, 1.165) is 25.2 Å². The number of nitrogens with one attached hydrogen (secondary N) is 1. The molecule has 0 aromatic carbocycles. The van der Waals surface area contributed by atoms with Crippen molar-refractivity contribution in [1.82, 2.24) is 20.0 Å². The third-order valence-corrected chi connectivity index (χ3v) is 3.14. The van der Waals surface area contributed by atoms with E-state index in [2.05, 4.69) is 17.3 Å². The molecule has 0 spiro atoms. The number of hydrogen-bond donors (Lipinski definition) is 1. The Kier molecular flexibility index (Phi) is 8.06. The fraction of sp³-hybridized carbons (Fsp3) is 0.667. The highest BCUT2D eigenvalue weighted by molar-refractivity contribution is 5.85. The van der Waals surface area contributed by atoms with E-state index in [1.807, 2.05) is 28.9 Å². The summed E-state index contributed by atoms with van der Waals surface area (Å²) in [4.78, 5) is 14.0. The topological polar surface area (TPSA) is 50.2 Å². The molecule has 2 rings (SSSR count). The fourth-order valence-electron chi connectivity index (χ4n) is 2.15. The van der Waals surface area contributed by atoms with Crippen molar-refractivity contribution in [3.8, 4) is 0 Å². The van der Waals surface area contributed by atoms with Gasteiger partial charge in [0.2, 0.25) is 5.91 Å². The number of halogens is 2. The van der Waals surface area contributed by atoms with Crippen LogP contribution in [0.3, 0.4) is 0 Å². The summed E-state index contributed by atoms with van der Waals surface area (Å²) < 4.78 is 1.83. The van der Waals surface area contributed by atoms with Crippen molar-refractivity contribution in [2.24, 2.45) is 0 Å². The maximum Gasteiger partial charge on any atom is 0.224 e. The molecule has 19 heavy (non-hydrogen) atoms. The Morgan fingerprint density at radius 2 is 2.26 bits per heavy atom. The lowest BCUT2D eigenvalue weighted by Gasteiger charge is -2.34. The standard InChI is InChI=1S/C12H20N4O.2ClH/c1-10-7-14-15(9-10)5-3-12(17)16-6-4-13-8-11(16)2;;/h7,9,11,13H,3-6,8H2,1-2H3;2*1H/t11-;;/m0../s1. The minimum Gasteiger partial charge on any atom is -0.337 e. The Hall–Kier alpha value is -0.780. The van der Waals surface area contributed by atoms with Gasteiger partial charge in [-0.15, -0.1) is 24.8 Å². The lowest BCUT2D eigenvalue weighted by molar-refractivity contribution is -0.134. The quantitative estimate of drug-likeness (QED) is 0.914. The van der Waals surface area contributed by atoms with E-state index >= 15 is 0 Å². The number of aromatic nitrogens is 2. The minimum absolute atomic E-state index is 0. The molecule has 1 fully saturated rings. The molecule has 1 amide bonds. The Labute approximate surface area is 126 Å². The molecule has 1 aliphatic rings. The van der Waals surface area contributed by atoms with Gasteiger partial charge in [0, 0.05) is 44.8 Å². The van der Waals surface area contributed by atoms with Gasteiger partial charge >= 0.3 is 0 Å². The molecule has 0 aliphatic carbocycles. The number of carbonyl (C=O) groups is 1. The number of rotatable bonds is 3. The van der Waals surface area contributed by atoms with Gasteiger partial charge in [0.15, 0.2) is 0 Å². The van der Waals surface area contributed by atoms with Gasteiger partial charge in [-0.1, -0.05) is 0 Å². The maximum atomic E-state index is 12.0. The molecule has 1 aromatic heterocycles. The number of aryl methyl sites for hydroxylation is 2. The predicted octanol–water partition coefficient (Wildman–Crippen LogP) is 1.25. The molecule has 5 nitrogen and oxygen atoms in total. The first kappa shape index (κ1) is 18.2. The van der Waals surface area contributed by atoms with Crippen LogP contribution in [0.5, 0.6) is 0 Å². The molecule has 7 heteroatoms. The molecule has 2 heterocycles. The first-order valence-corrected chi connectivity index (χ1v) is 6.16. The number of amides is 1. The third-order valence-electron chi connectivity index (χ3n) is 3.14. The van der Waals surface area contributed by atoms with Crippen LogP contribution in [-0.2, 0) is 11.3 Å². The van der Waals surface area contributed by atoms with Crippen molar-refractivity contribution >= 4 is 30.7 Å². The molecule has 0 saturated carbocycles. The van der Waals surface area contributed by atoms with Gasteiger partial charge < -0.3 is 10.2 Å². The highest BCUT2D eigenvalue weighted by atomic mass is 35.5. The third kappa shape index (κ3) is 5.01. The SMILES string of the molecule is Cc1cnn(CCC(=O)N2CCNC[C@@H]2C)c1.Cl.Cl. The second kappa shape index (κ2) is 8.40. The summed E-state index contributed by atoms with van der Waals surface area (Å²) >= 11 is 0. The van der Waals surface area contributed by atoms with E-state index < -0.39 is 0 Å². The Morgan fingerprint density at radius 1 is 1.53 bits per heavy atom. The molecule has 0 radical (unpaired) electrons. The largest absolute Gasteiger partial charge is 0.337 e. The average Bonchev–Trinajstić information content (AvgIpc) is 2.73. The monoisotopic (exact) mass is 308 g/mol. The zero-order chi connectivity index (χ0) is 12.3. The van der Waals surface area contributed by atoms with Crippen LogP contribution in [0.25, 0.3) is 0 Å². The summed E-state index contributed by atoms with van der Waals surface area (Å²) in [7, 11) is 0. The molecule has 1 atom stereocenters. The van der Waals surface area contributed by atoms with Crippen LogP contribution in [0.15, 0.2) is 12.4 Å². The normalized spacial score (nSPS) is 18.4. The van der Waals surface area contributed by atoms with E-state index in [-0.39, 0.29) is 30.7 Å². The molecule has 1 N–H and O–H groups in total.